The van der Waals surface area contributed by atoms with Crippen LogP contribution in [-0.4, -0.2) is 33.5 Å². The van der Waals surface area contributed by atoms with E-state index in [1.165, 1.54) is 19.2 Å². The molecule has 2 aromatic carbocycles. The molecular formula is C24H22Cl2N6O3. The molecule has 2 amide bonds. The largest absolute Gasteiger partial charge is 0.495 e. The van der Waals surface area contributed by atoms with Crippen LogP contribution in [0.3, 0.4) is 0 Å². The second-order valence-electron chi connectivity index (χ2n) is 7.93. The summed E-state index contributed by atoms with van der Waals surface area (Å²) in [5.41, 5.74) is 7.55. The van der Waals surface area contributed by atoms with Crippen molar-refractivity contribution in [1.29, 1.82) is 0 Å². The Labute approximate surface area is 211 Å². The number of amides is 2. The Morgan fingerprint density at radius 1 is 1.03 bits per heavy atom. The highest BCUT2D eigenvalue weighted by atomic mass is 35.5. The Bertz CT molecular complexity index is 1450. The molecule has 4 rings (SSSR count). The molecule has 35 heavy (non-hydrogen) atoms. The van der Waals surface area contributed by atoms with Crippen molar-refractivity contribution in [2.75, 3.05) is 23.5 Å². The number of fused-ring (bicyclic) bond motifs is 1. The van der Waals surface area contributed by atoms with Crippen molar-refractivity contribution in [2.45, 2.75) is 19.9 Å². The summed E-state index contributed by atoms with van der Waals surface area (Å²) in [7, 11) is 1.45. The third-order valence-electron chi connectivity index (χ3n) is 5.25. The summed E-state index contributed by atoms with van der Waals surface area (Å²) in [5, 5.41) is 6.69. The van der Waals surface area contributed by atoms with Crippen LogP contribution in [0.1, 0.15) is 36.1 Å². The van der Waals surface area contributed by atoms with Crippen LogP contribution in [-0.2, 0) is 0 Å². The lowest BCUT2D eigenvalue weighted by Crippen LogP contribution is -2.20. The van der Waals surface area contributed by atoms with Gasteiger partial charge in [0.05, 0.1) is 28.9 Å². The Kier molecular flexibility index (Phi) is 6.81. The fraction of sp³-hybridized carbons (Fsp3) is 0.167. The van der Waals surface area contributed by atoms with Crippen LogP contribution in [0, 0.1) is 0 Å². The van der Waals surface area contributed by atoms with Gasteiger partial charge in [0.15, 0.2) is 0 Å². The topological polar surface area (TPSA) is 124 Å². The van der Waals surface area contributed by atoms with E-state index in [9.17, 15) is 9.59 Å². The number of ether oxygens (including phenoxy) is 1. The number of nitrogens with zero attached hydrogens (tertiary/aromatic N) is 3. The van der Waals surface area contributed by atoms with Crippen LogP contribution in [0.5, 0.6) is 5.75 Å². The van der Waals surface area contributed by atoms with Gasteiger partial charge < -0.3 is 25.7 Å². The minimum absolute atomic E-state index is 0.0517. The Balaban J connectivity index is 1.63. The van der Waals surface area contributed by atoms with Crippen molar-refractivity contribution < 1.29 is 14.3 Å². The molecule has 0 aliphatic rings. The number of halogens is 2. The molecule has 0 atom stereocenters. The van der Waals surface area contributed by atoms with Gasteiger partial charge in [-0.2, -0.15) is 0 Å². The number of nitrogen functional groups attached to an aromatic ring is 1. The zero-order chi connectivity index (χ0) is 25.3. The maximum atomic E-state index is 13.3. The number of nitrogens with one attached hydrogen (secondary N) is 2. The van der Waals surface area contributed by atoms with Gasteiger partial charge in [-0.1, -0.05) is 23.2 Å². The van der Waals surface area contributed by atoms with Gasteiger partial charge in [0.2, 0.25) is 11.6 Å². The molecule has 0 saturated heterocycles. The normalized spacial score (nSPS) is 11.0. The average molecular weight is 513 g/mol. The molecule has 0 radical (unpaired) electrons. The molecule has 4 N–H and O–H groups in total. The molecule has 0 bridgehead atoms. The Hall–Kier alpha value is -3.82. The number of urea groups is 1. The van der Waals surface area contributed by atoms with E-state index in [2.05, 4.69) is 20.6 Å². The maximum Gasteiger partial charge on any atom is 0.323 e. The molecule has 9 nitrogen and oxygen atoms in total. The number of benzene rings is 2. The van der Waals surface area contributed by atoms with E-state index in [0.29, 0.717) is 27.5 Å². The third-order valence-corrected chi connectivity index (χ3v) is 5.80. The molecule has 180 valence electrons. The van der Waals surface area contributed by atoms with Crippen molar-refractivity contribution >= 4 is 63.2 Å². The minimum Gasteiger partial charge on any atom is -0.495 e. The molecule has 0 unspecified atom stereocenters. The first-order valence-electron chi connectivity index (χ1n) is 10.6. The standard InChI is InChI=1S/C24H22Cl2N6O3/c1-12(2)32-9-8-15-21(27)30-22(31-23(15)32)20(33)13-4-7-19(35-3)18(10-13)29-24(34)28-17-6-5-14(25)11-16(17)26/h4-12H,1-3H3,(H2,27,30,31)(H2,28,29,34). The number of methoxy groups -OCH3 is 1. The summed E-state index contributed by atoms with van der Waals surface area (Å²) < 4.78 is 7.25. The van der Waals surface area contributed by atoms with E-state index in [1.807, 2.05) is 30.7 Å². The summed E-state index contributed by atoms with van der Waals surface area (Å²) in [6.07, 6.45) is 1.86. The summed E-state index contributed by atoms with van der Waals surface area (Å²) in [6.45, 7) is 4.01. The molecule has 2 heterocycles. The first-order valence-corrected chi connectivity index (χ1v) is 11.3. The number of carbonyl (C=O) groups excluding carboxylic acids is 2. The summed E-state index contributed by atoms with van der Waals surface area (Å²) >= 11 is 12.0. The molecule has 0 spiro atoms. The highest BCUT2D eigenvalue weighted by molar-refractivity contribution is 6.36. The number of ketones is 1. The Morgan fingerprint density at radius 3 is 2.46 bits per heavy atom. The number of hydrogen-bond acceptors (Lipinski definition) is 6. The zero-order valence-electron chi connectivity index (χ0n) is 19.1. The maximum absolute atomic E-state index is 13.3. The van der Waals surface area contributed by atoms with Crippen molar-refractivity contribution in [3.63, 3.8) is 0 Å². The smallest absolute Gasteiger partial charge is 0.323 e. The van der Waals surface area contributed by atoms with Gasteiger partial charge in [0.1, 0.15) is 17.2 Å². The van der Waals surface area contributed by atoms with Gasteiger partial charge in [-0.3, -0.25) is 4.79 Å². The van der Waals surface area contributed by atoms with E-state index in [0.717, 1.165) is 0 Å². The van der Waals surface area contributed by atoms with Crippen molar-refractivity contribution in [2.24, 2.45) is 0 Å². The third kappa shape index (κ3) is 5.01. The quantitative estimate of drug-likeness (QED) is 0.281. The number of nitrogens with two attached hydrogens (primary N) is 1. The van der Waals surface area contributed by atoms with Gasteiger partial charge in [-0.25, -0.2) is 14.8 Å². The molecule has 2 aromatic heterocycles. The number of carbonyl (C=O) groups is 2. The minimum atomic E-state index is -0.589. The molecule has 0 aliphatic heterocycles. The van der Waals surface area contributed by atoms with Crippen LogP contribution in [0.15, 0.2) is 48.7 Å². The second kappa shape index (κ2) is 9.81. The first kappa shape index (κ1) is 24.3. The lowest BCUT2D eigenvalue weighted by molar-refractivity contribution is 0.102. The monoisotopic (exact) mass is 512 g/mol. The summed E-state index contributed by atoms with van der Waals surface area (Å²) in [6, 6.07) is 10.6. The van der Waals surface area contributed by atoms with Crippen LogP contribution in [0.2, 0.25) is 10.0 Å². The second-order valence-corrected chi connectivity index (χ2v) is 8.78. The van der Waals surface area contributed by atoms with Gasteiger partial charge in [0.25, 0.3) is 0 Å². The van der Waals surface area contributed by atoms with E-state index < -0.39 is 11.8 Å². The fourth-order valence-corrected chi connectivity index (χ4v) is 3.97. The van der Waals surface area contributed by atoms with Crippen molar-refractivity contribution in [3.05, 3.63) is 70.1 Å². The number of hydrogen-bond donors (Lipinski definition) is 3. The highest BCUT2D eigenvalue weighted by Crippen LogP contribution is 2.29. The lowest BCUT2D eigenvalue weighted by atomic mass is 10.1. The van der Waals surface area contributed by atoms with Crippen LogP contribution in [0.25, 0.3) is 11.0 Å². The van der Waals surface area contributed by atoms with Gasteiger partial charge in [-0.05, 0) is 56.3 Å². The predicted molar refractivity (Wildman–Crippen MR) is 138 cm³/mol. The van der Waals surface area contributed by atoms with Crippen LogP contribution < -0.4 is 21.1 Å². The molecule has 11 heteroatoms. The number of aromatic nitrogens is 3. The van der Waals surface area contributed by atoms with E-state index >= 15 is 0 Å². The molecule has 0 fully saturated rings. The fourth-order valence-electron chi connectivity index (χ4n) is 3.52. The summed E-state index contributed by atoms with van der Waals surface area (Å²) in [5.74, 6) is 0.0541. The predicted octanol–water partition coefficient (Wildman–Crippen LogP) is 5.78. The van der Waals surface area contributed by atoms with Gasteiger partial charge in [-0.15, -0.1) is 0 Å². The average Bonchev–Trinajstić information content (AvgIpc) is 3.25. The molecular weight excluding hydrogens is 491 g/mol. The highest BCUT2D eigenvalue weighted by Gasteiger charge is 2.20. The Morgan fingerprint density at radius 2 is 1.77 bits per heavy atom. The summed E-state index contributed by atoms with van der Waals surface area (Å²) in [4.78, 5) is 34.5. The lowest BCUT2D eigenvalue weighted by Gasteiger charge is -2.13. The van der Waals surface area contributed by atoms with Gasteiger partial charge >= 0.3 is 6.03 Å². The van der Waals surface area contributed by atoms with Crippen molar-refractivity contribution in [1.82, 2.24) is 14.5 Å². The number of anilines is 3. The molecule has 0 aliphatic carbocycles. The van der Waals surface area contributed by atoms with E-state index in [1.54, 1.807) is 24.3 Å². The van der Waals surface area contributed by atoms with E-state index in [-0.39, 0.29) is 34.0 Å². The SMILES string of the molecule is COc1ccc(C(=O)c2nc(N)c3ccn(C(C)C)c3n2)cc1NC(=O)Nc1ccc(Cl)cc1Cl. The van der Waals surface area contributed by atoms with Crippen LogP contribution >= 0.6 is 23.2 Å². The van der Waals surface area contributed by atoms with E-state index in [4.69, 9.17) is 33.7 Å². The zero-order valence-corrected chi connectivity index (χ0v) is 20.6. The molecule has 4 aromatic rings. The molecule has 0 saturated carbocycles. The number of rotatable bonds is 6. The first-order chi connectivity index (χ1) is 16.7. The van der Waals surface area contributed by atoms with Gasteiger partial charge in [0, 0.05) is 22.8 Å². The van der Waals surface area contributed by atoms with Crippen LogP contribution in [0.4, 0.5) is 22.0 Å². The van der Waals surface area contributed by atoms with Crippen molar-refractivity contribution in [3.8, 4) is 5.75 Å².